The summed E-state index contributed by atoms with van der Waals surface area (Å²) in [6.07, 6.45) is 1.80. The molecule has 1 atom stereocenters. The number of fused-ring (bicyclic) bond motifs is 1. The van der Waals surface area contributed by atoms with Gasteiger partial charge in [-0.3, -0.25) is 9.36 Å². The molecule has 0 amide bonds. The number of methoxy groups -OCH3 is 1. The molecule has 0 radical (unpaired) electrons. The van der Waals surface area contributed by atoms with Gasteiger partial charge in [0.15, 0.2) is 4.80 Å². The summed E-state index contributed by atoms with van der Waals surface area (Å²) in [5.41, 5.74) is 2.92. The van der Waals surface area contributed by atoms with Gasteiger partial charge in [-0.05, 0) is 36.8 Å². The quantitative estimate of drug-likeness (QED) is 0.313. The van der Waals surface area contributed by atoms with Crippen molar-refractivity contribution in [1.29, 1.82) is 0 Å². The molecule has 5 rings (SSSR count). The lowest BCUT2D eigenvalue weighted by atomic mass is 9.93. The molecule has 0 saturated carbocycles. The van der Waals surface area contributed by atoms with E-state index in [4.69, 9.17) is 14.5 Å². The number of nitrogens with zero attached hydrogens (tertiary/aromatic N) is 2. The van der Waals surface area contributed by atoms with Crippen LogP contribution in [0.2, 0.25) is 0 Å². The molecule has 37 heavy (non-hydrogen) atoms. The van der Waals surface area contributed by atoms with Crippen molar-refractivity contribution in [2.45, 2.75) is 13.0 Å². The van der Waals surface area contributed by atoms with Crippen LogP contribution in [-0.4, -0.2) is 24.3 Å². The molecule has 0 fully saturated rings. The standard InChI is InChI=1S/C29H23BrN2O4S/c1-3-36-28(34)24-25(18-10-6-4-7-11-18)31-29-32(26(24)19-12-8-5-9-13-19)27(33)23(37-29)17-20-16-21(30)14-15-22(20)35-2/h4-17,26H,3H2,1-2H3/b23-17-. The van der Waals surface area contributed by atoms with E-state index in [0.717, 1.165) is 21.2 Å². The predicted octanol–water partition coefficient (Wildman–Crippen LogP) is 4.71. The SMILES string of the molecule is CCOC(=O)C1=C(c2ccccc2)N=c2s/c(=C\c3cc(Br)ccc3OC)c(=O)n2C1c1ccccc1. The number of carbonyl (C=O) groups is 1. The van der Waals surface area contributed by atoms with Gasteiger partial charge in [0.1, 0.15) is 5.75 Å². The molecular formula is C29H23BrN2O4S. The number of hydrogen-bond donors (Lipinski definition) is 0. The fourth-order valence-electron chi connectivity index (χ4n) is 4.35. The minimum Gasteiger partial charge on any atom is -0.496 e. The van der Waals surface area contributed by atoms with E-state index in [0.29, 0.717) is 26.4 Å². The van der Waals surface area contributed by atoms with Crippen molar-refractivity contribution < 1.29 is 14.3 Å². The summed E-state index contributed by atoms with van der Waals surface area (Å²) in [6.45, 7) is 1.97. The summed E-state index contributed by atoms with van der Waals surface area (Å²) in [4.78, 5) is 32.7. The van der Waals surface area contributed by atoms with Crippen LogP contribution in [0.15, 0.2) is 98.7 Å². The van der Waals surface area contributed by atoms with Crippen molar-refractivity contribution in [1.82, 2.24) is 4.57 Å². The average molecular weight is 575 g/mol. The molecule has 0 saturated heterocycles. The van der Waals surface area contributed by atoms with E-state index < -0.39 is 12.0 Å². The highest BCUT2D eigenvalue weighted by Crippen LogP contribution is 2.35. The number of rotatable bonds is 6. The number of aromatic nitrogens is 1. The van der Waals surface area contributed by atoms with Crippen molar-refractivity contribution in [2.24, 2.45) is 4.99 Å². The van der Waals surface area contributed by atoms with Crippen molar-refractivity contribution >= 4 is 45.0 Å². The Balaban J connectivity index is 1.83. The molecule has 0 aliphatic carbocycles. The van der Waals surface area contributed by atoms with Gasteiger partial charge < -0.3 is 9.47 Å². The van der Waals surface area contributed by atoms with Crippen LogP contribution in [0.3, 0.4) is 0 Å². The van der Waals surface area contributed by atoms with Gasteiger partial charge in [0.25, 0.3) is 5.56 Å². The molecule has 0 spiro atoms. The predicted molar refractivity (Wildman–Crippen MR) is 148 cm³/mol. The summed E-state index contributed by atoms with van der Waals surface area (Å²) in [7, 11) is 1.59. The molecule has 1 aromatic heterocycles. The second-order valence-electron chi connectivity index (χ2n) is 8.23. The zero-order chi connectivity index (χ0) is 25.9. The van der Waals surface area contributed by atoms with Gasteiger partial charge in [-0.1, -0.05) is 87.9 Å². The number of esters is 1. The average Bonchev–Trinajstić information content (AvgIpc) is 3.23. The molecule has 6 nitrogen and oxygen atoms in total. The van der Waals surface area contributed by atoms with Crippen LogP contribution >= 0.6 is 27.3 Å². The highest BCUT2D eigenvalue weighted by atomic mass is 79.9. The molecule has 0 N–H and O–H groups in total. The maximum atomic E-state index is 13.9. The summed E-state index contributed by atoms with van der Waals surface area (Å²) < 4.78 is 13.9. The second-order valence-corrected chi connectivity index (χ2v) is 10.2. The smallest absolute Gasteiger partial charge is 0.338 e. The Morgan fingerprint density at radius 2 is 1.78 bits per heavy atom. The first kappa shape index (κ1) is 24.9. The lowest BCUT2D eigenvalue weighted by Crippen LogP contribution is -2.40. The Morgan fingerprint density at radius 3 is 2.46 bits per heavy atom. The van der Waals surface area contributed by atoms with Gasteiger partial charge in [-0.2, -0.15) is 0 Å². The van der Waals surface area contributed by atoms with Gasteiger partial charge >= 0.3 is 5.97 Å². The van der Waals surface area contributed by atoms with Gasteiger partial charge in [0.2, 0.25) is 0 Å². The summed E-state index contributed by atoms with van der Waals surface area (Å²) >= 11 is 4.77. The van der Waals surface area contributed by atoms with Crippen LogP contribution in [0.1, 0.15) is 29.7 Å². The van der Waals surface area contributed by atoms with Crippen molar-refractivity contribution in [3.05, 3.63) is 125 Å². The van der Waals surface area contributed by atoms with Crippen LogP contribution in [0.25, 0.3) is 11.8 Å². The van der Waals surface area contributed by atoms with E-state index in [-0.39, 0.29) is 12.2 Å². The van der Waals surface area contributed by atoms with E-state index in [9.17, 15) is 9.59 Å². The Morgan fingerprint density at radius 1 is 1.08 bits per heavy atom. The number of carbonyl (C=O) groups excluding carboxylic acids is 1. The third-order valence-corrected chi connectivity index (χ3v) is 7.44. The van der Waals surface area contributed by atoms with E-state index in [2.05, 4.69) is 15.9 Å². The van der Waals surface area contributed by atoms with Crippen LogP contribution in [0.4, 0.5) is 0 Å². The summed E-state index contributed by atoms with van der Waals surface area (Å²) in [5, 5.41) is 0. The third kappa shape index (κ3) is 4.82. The highest BCUT2D eigenvalue weighted by molar-refractivity contribution is 9.10. The van der Waals surface area contributed by atoms with Crippen molar-refractivity contribution in [3.8, 4) is 5.75 Å². The fraction of sp³-hybridized carbons (Fsp3) is 0.138. The molecule has 2 heterocycles. The third-order valence-electron chi connectivity index (χ3n) is 5.97. The zero-order valence-corrected chi connectivity index (χ0v) is 22.6. The topological polar surface area (TPSA) is 69.9 Å². The molecule has 8 heteroatoms. The van der Waals surface area contributed by atoms with Crippen LogP contribution < -0.4 is 19.6 Å². The lowest BCUT2D eigenvalue weighted by Gasteiger charge is -2.25. The van der Waals surface area contributed by atoms with Crippen molar-refractivity contribution in [2.75, 3.05) is 13.7 Å². The molecule has 1 unspecified atom stereocenters. The number of thiazole rings is 1. The molecule has 3 aromatic carbocycles. The van der Waals surface area contributed by atoms with Gasteiger partial charge in [0, 0.05) is 15.6 Å². The van der Waals surface area contributed by atoms with Crippen molar-refractivity contribution in [3.63, 3.8) is 0 Å². The first-order chi connectivity index (χ1) is 18.0. The Labute approximate surface area is 226 Å². The number of halogens is 1. The number of ether oxygens (including phenoxy) is 2. The monoisotopic (exact) mass is 574 g/mol. The van der Waals surface area contributed by atoms with E-state index >= 15 is 0 Å². The number of benzene rings is 3. The summed E-state index contributed by atoms with van der Waals surface area (Å²) in [6, 6.07) is 23.9. The highest BCUT2D eigenvalue weighted by Gasteiger charge is 2.35. The lowest BCUT2D eigenvalue weighted by molar-refractivity contribution is -0.138. The van der Waals surface area contributed by atoms with Gasteiger partial charge in [-0.15, -0.1) is 0 Å². The van der Waals surface area contributed by atoms with Gasteiger partial charge in [-0.25, -0.2) is 9.79 Å². The van der Waals surface area contributed by atoms with E-state index in [1.807, 2.05) is 78.9 Å². The first-order valence-corrected chi connectivity index (χ1v) is 13.3. The summed E-state index contributed by atoms with van der Waals surface area (Å²) in [5.74, 6) is 0.146. The molecule has 0 bridgehead atoms. The van der Waals surface area contributed by atoms with Crippen LogP contribution in [0.5, 0.6) is 5.75 Å². The van der Waals surface area contributed by atoms with E-state index in [1.165, 1.54) is 11.3 Å². The minimum atomic E-state index is -0.696. The Bertz CT molecular complexity index is 1670. The molecule has 4 aromatic rings. The van der Waals surface area contributed by atoms with Crippen LogP contribution in [0, 0.1) is 0 Å². The van der Waals surface area contributed by atoms with Crippen LogP contribution in [-0.2, 0) is 9.53 Å². The largest absolute Gasteiger partial charge is 0.496 e. The first-order valence-electron chi connectivity index (χ1n) is 11.7. The zero-order valence-electron chi connectivity index (χ0n) is 20.2. The Hall–Kier alpha value is -3.75. The maximum absolute atomic E-state index is 13.9. The minimum absolute atomic E-state index is 0.207. The maximum Gasteiger partial charge on any atom is 0.338 e. The van der Waals surface area contributed by atoms with Gasteiger partial charge in [0.05, 0.1) is 35.6 Å². The Kier molecular flexibility index (Phi) is 7.21. The fourth-order valence-corrected chi connectivity index (χ4v) is 5.72. The molecular weight excluding hydrogens is 552 g/mol. The molecule has 1 aliphatic rings. The molecule has 186 valence electrons. The van der Waals surface area contributed by atoms with E-state index in [1.54, 1.807) is 24.7 Å². The normalized spacial score (nSPS) is 15.2. The molecule has 1 aliphatic heterocycles. The second kappa shape index (κ2) is 10.7. The number of hydrogen-bond acceptors (Lipinski definition) is 6.